The van der Waals surface area contributed by atoms with Gasteiger partial charge in [-0.1, -0.05) is 36.0 Å². The minimum absolute atomic E-state index is 0.145. The van der Waals surface area contributed by atoms with E-state index < -0.39 is 6.10 Å². The Morgan fingerprint density at radius 1 is 1.04 bits per heavy atom. The van der Waals surface area contributed by atoms with E-state index in [4.69, 9.17) is 4.74 Å². The van der Waals surface area contributed by atoms with Gasteiger partial charge in [0.1, 0.15) is 0 Å². The highest BCUT2D eigenvalue weighted by atomic mass is 32.2. The molecule has 4 nitrogen and oxygen atoms in total. The van der Waals surface area contributed by atoms with E-state index in [1.807, 2.05) is 24.3 Å². The lowest BCUT2D eigenvalue weighted by Gasteiger charge is -2.32. The van der Waals surface area contributed by atoms with Crippen LogP contribution in [0.2, 0.25) is 0 Å². The van der Waals surface area contributed by atoms with Crippen LogP contribution in [0.15, 0.2) is 58.3 Å². The standard InChI is InChI=1S/C19H19NO3S/c1-13(21)14(2)23-19(22)11-12-20-15-7-3-5-9-17(15)24-18-10-6-4-8-16(18)20/h3-10,14H,11-12H2,1-2H3. The molecule has 5 heteroatoms. The number of carbonyl (C=O) groups excluding carboxylic acids is 2. The maximum Gasteiger partial charge on any atom is 0.308 e. The highest BCUT2D eigenvalue weighted by molar-refractivity contribution is 7.99. The summed E-state index contributed by atoms with van der Waals surface area (Å²) in [6, 6.07) is 16.3. The molecule has 124 valence electrons. The van der Waals surface area contributed by atoms with Gasteiger partial charge in [-0.3, -0.25) is 9.59 Å². The van der Waals surface area contributed by atoms with Crippen molar-refractivity contribution in [3.63, 3.8) is 0 Å². The van der Waals surface area contributed by atoms with Crippen LogP contribution in [0.3, 0.4) is 0 Å². The lowest BCUT2D eigenvalue weighted by atomic mass is 10.2. The maximum atomic E-state index is 12.0. The molecule has 0 fully saturated rings. The average Bonchev–Trinajstić information content (AvgIpc) is 2.58. The highest BCUT2D eigenvalue weighted by Gasteiger charge is 2.23. The van der Waals surface area contributed by atoms with E-state index in [1.54, 1.807) is 18.7 Å². The van der Waals surface area contributed by atoms with Crippen molar-refractivity contribution < 1.29 is 14.3 Å². The Kier molecular flexibility index (Phi) is 4.90. The molecule has 0 N–H and O–H groups in total. The van der Waals surface area contributed by atoms with Crippen LogP contribution in [-0.2, 0) is 14.3 Å². The van der Waals surface area contributed by atoms with Gasteiger partial charge in [-0.2, -0.15) is 0 Å². The molecule has 2 aromatic rings. The number of nitrogens with zero attached hydrogens (tertiary/aromatic N) is 1. The van der Waals surface area contributed by atoms with E-state index in [2.05, 4.69) is 29.2 Å². The van der Waals surface area contributed by atoms with Gasteiger partial charge in [-0.15, -0.1) is 0 Å². The number of para-hydroxylation sites is 2. The zero-order chi connectivity index (χ0) is 17.1. The number of carbonyl (C=O) groups is 2. The lowest BCUT2D eigenvalue weighted by Crippen LogP contribution is -2.27. The van der Waals surface area contributed by atoms with Crippen molar-refractivity contribution in [1.29, 1.82) is 0 Å². The van der Waals surface area contributed by atoms with Gasteiger partial charge in [-0.25, -0.2) is 0 Å². The molecule has 0 saturated heterocycles. The molecule has 0 bridgehead atoms. The zero-order valence-electron chi connectivity index (χ0n) is 13.7. The Morgan fingerprint density at radius 3 is 2.12 bits per heavy atom. The first kappa shape index (κ1) is 16.6. The molecule has 24 heavy (non-hydrogen) atoms. The normalized spacial score (nSPS) is 13.7. The summed E-state index contributed by atoms with van der Waals surface area (Å²) < 4.78 is 5.16. The highest BCUT2D eigenvalue weighted by Crippen LogP contribution is 2.47. The van der Waals surface area contributed by atoms with Crippen molar-refractivity contribution in [1.82, 2.24) is 0 Å². The second kappa shape index (κ2) is 7.09. The van der Waals surface area contributed by atoms with Gasteiger partial charge in [0.25, 0.3) is 0 Å². The second-order valence-corrected chi connectivity index (χ2v) is 6.77. The Hall–Kier alpha value is -2.27. The molecule has 0 aromatic heterocycles. The van der Waals surface area contributed by atoms with Crippen LogP contribution < -0.4 is 4.90 Å². The molecule has 2 aromatic carbocycles. The van der Waals surface area contributed by atoms with Crippen LogP contribution in [0.1, 0.15) is 20.3 Å². The summed E-state index contributed by atoms with van der Waals surface area (Å²) in [6.45, 7) is 3.53. The van der Waals surface area contributed by atoms with E-state index >= 15 is 0 Å². The van der Waals surface area contributed by atoms with Gasteiger partial charge in [0.2, 0.25) is 0 Å². The average molecular weight is 341 g/mol. The first-order valence-electron chi connectivity index (χ1n) is 7.89. The Bertz CT molecular complexity index is 729. The summed E-state index contributed by atoms with van der Waals surface area (Å²) in [5, 5.41) is 0. The van der Waals surface area contributed by atoms with Crippen LogP contribution in [0.5, 0.6) is 0 Å². The fraction of sp³-hybridized carbons (Fsp3) is 0.263. The predicted molar refractivity (Wildman–Crippen MR) is 94.9 cm³/mol. The molecular formula is C19H19NO3S. The van der Waals surface area contributed by atoms with Crippen LogP contribution in [-0.4, -0.2) is 24.4 Å². The van der Waals surface area contributed by atoms with Crippen molar-refractivity contribution >= 4 is 34.9 Å². The third kappa shape index (κ3) is 3.46. The molecular weight excluding hydrogens is 322 g/mol. The smallest absolute Gasteiger partial charge is 0.308 e. The number of hydrogen-bond donors (Lipinski definition) is 0. The Labute approximate surface area is 145 Å². The van der Waals surface area contributed by atoms with Crippen LogP contribution in [0.25, 0.3) is 0 Å². The molecule has 0 radical (unpaired) electrons. The molecule has 1 atom stereocenters. The van der Waals surface area contributed by atoms with Crippen LogP contribution in [0, 0.1) is 0 Å². The summed E-state index contributed by atoms with van der Waals surface area (Å²) in [5.74, 6) is -0.501. The minimum atomic E-state index is -0.686. The first-order chi connectivity index (χ1) is 11.6. The number of esters is 1. The second-order valence-electron chi connectivity index (χ2n) is 5.68. The van der Waals surface area contributed by atoms with E-state index in [0.717, 1.165) is 11.4 Å². The summed E-state index contributed by atoms with van der Waals surface area (Å²) in [6.07, 6.45) is -0.459. The molecule has 3 rings (SSSR count). The Morgan fingerprint density at radius 2 is 1.58 bits per heavy atom. The maximum absolute atomic E-state index is 12.0. The van der Waals surface area contributed by atoms with E-state index in [1.165, 1.54) is 16.7 Å². The molecule has 1 aliphatic rings. The number of hydrogen-bond acceptors (Lipinski definition) is 5. The van der Waals surface area contributed by atoms with Crippen molar-refractivity contribution in [2.45, 2.75) is 36.2 Å². The Balaban J connectivity index is 1.78. The molecule has 0 spiro atoms. The molecule has 0 aliphatic carbocycles. The molecule has 1 aliphatic heterocycles. The van der Waals surface area contributed by atoms with Crippen LogP contribution >= 0.6 is 11.8 Å². The molecule has 0 saturated carbocycles. The fourth-order valence-corrected chi connectivity index (χ4v) is 3.66. The number of benzene rings is 2. The van der Waals surface area contributed by atoms with Crippen molar-refractivity contribution in [2.75, 3.05) is 11.4 Å². The molecule has 1 unspecified atom stereocenters. The van der Waals surface area contributed by atoms with Crippen LogP contribution in [0.4, 0.5) is 11.4 Å². The molecule has 0 amide bonds. The summed E-state index contributed by atoms with van der Waals surface area (Å²) in [4.78, 5) is 27.7. The fourth-order valence-electron chi connectivity index (χ4n) is 2.56. The van der Waals surface area contributed by atoms with Gasteiger partial charge in [-0.05, 0) is 38.1 Å². The van der Waals surface area contributed by atoms with E-state index in [-0.39, 0.29) is 18.2 Å². The number of ketones is 1. The third-order valence-corrected chi connectivity index (χ3v) is 5.08. The summed E-state index contributed by atoms with van der Waals surface area (Å²) >= 11 is 1.73. The largest absolute Gasteiger partial charge is 0.455 e. The monoisotopic (exact) mass is 341 g/mol. The van der Waals surface area contributed by atoms with E-state index in [9.17, 15) is 9.59 Å². The van der Waals surface area contributed by atoms with E-state index in [0.29, 0.717) is 6.54 Å². The SMILES string of the molecule is CC(=O)C(C)OC(=O)CCN1c2ccccc2Sc2ccccc21. The zero-order valence-corrected chi connectivity index (χ0v) is 14.5. The lowest BCUT2D eigenvalue weighted by molar-refractivity contribution is -0.153. The first-order valence-corrected chi connectivity index (χ1v) is 8.71. The number of anilines is 2. The van der Waals surface area contributed by atoms with Gasteiger partial charge in [0.15, 0.2) is 11.9 Å². The molecule has 1 heterocycles. The van der Waals surface area contributed by atoms with Crippen molar-refractivity contribution in [3.05, 3.63) is 48.5 Å². The topological polar surface area (TPSA) is 46.6 Å². The van der Waals surface area contributed by atoms with Crippen molar-refractivity contribution in [2.24, 2.45) is 0 Å². The number of ether oxygens (including phenoxy) is 1. The third-order valence-electron chi connectivity index (χ3n) is 3.95. The van der Waals surface area contributed by atoms with Gasteiger partial charge >= 0.3 is 5.97 Å². The van der Waals surface area contributed by atoms with Gasteiger partial charge < -0.3 is 9.64 Å². The minimum Gasteiger partial charge on any atom is -0.455 e. The quantitative estimate of drug-likeness (QED) is 0.763. The number of Topliss-reactive ketones (excluding diaryl/α,β-unsaturated/α-hetero) is 1. The summed E-state index contributed by atoms with van der Waals surface area (Å²) in [7, 11) is 0. The van der Waals surface area contributed by atoms with Gasteiger partial charge in [0, 0.05) is 16.3 Å². The predicted octanol–water partition coefficient (Wildman–Crippen LogP) is 4.20. The van der Waals surface area contributed by atoms with Gasteiger partial charge in [0.05, 0.1) is 17.8 Å². The number of rotatable bonds is 5. The van der Waals surface area contributed by atoms with Crippen molar-refractivity contribution in [3.8, 4) is 0 Å². The summed E-state index contributed by atoms with van der Waals surface area (Å²) in [5.41, 5.74) is 2.18. The number of fused-ring (bicyclic) bond motifs is 2.